The minimum absolute atomic E-state index is 0.0460. The standard InChI is InChI=1S/C27H22Cl2F3N9O5/c1-37-20(18-14-40(36-23(18)27(30,31)32)21-5-3-16(12-33-21)41(45)46)13-34-24(37)25(43)35-15-2-4-17(19(29)10-15)26(44)39-8-6-38(7-9-39)22(42)11-28/h2-5,10,12-14H,6-9,11H2,1H3,(H,35,43). The Labute approximate surface area is 267 Å². The molecule has 4 heterocycles. The summed E-state index contributed by atoms with van der Waals surface area (Å²) in [4.78, 5) is 59.0. The van der Waals surface area contributed by atoms with E-state index < -0.39 is 28.3 Å². The molecule has 19 heteroatoms. The molecule has 0 spiro atoms. The highest BCUT2D eigenvalue weighted by Crippen LogP contribution is 2.37. The van der Waals surface area contributed by atoms with Crippen molar-refractivity contribution >= 4 is 52.3 Å². The van der Waals surface area contributed by atoms with Gasteiger partial charge in [0.2, 0.25) is 5.91 Å². The second-order valence-electron chi connectivity index (χ2n) is 9.95. The number of aromatic nitrogens is 5. The molecule has 14 nitrogen and oxygen atoms in total. The van der Waals surface area contributed by atoms with Crippen LogP contribution in [0, 0.1) is 10.1 Å². The van der Waals surface area contributed by atoms with Gasteiger partial charge in [0.1, 0.15) is 12.1 Å². The Morgan fingerprint density at radius 1 is 1.04 bits per heavy atom. The minimum Gasteiger partial charge on any atom is -0.338 e. The van der Waals surface area contributed by atoms with Gasteiger partial charge in [-0.3, -0.25) is 24.5 Å². The van der Waals surface area contributed by atoms with Gasteiger partial charge in [0.05, 0.1) is 33.0 Å². The topological polar surface area (TPSA) is 161 Å². The van der Waals surface area contributed by atoms with Crippen LogP contribution in [0.4, 0.5) is 24.5 Å². The SMILES string of the molecule is Cn1c(-c2cn(-c3ccc([N+](=O)[O-])cn3)nc2C(F)(F)F)cnc1C(=O)Nc1ccc(C(=O)N2CCN(C(=O)CCl)CC2)c(Cl)c1. The summed E-state index contributed by atoms with van der Waals surface area (Å²) in [6, 6.07) is 6.44. The van der Waals surface area contributed by atoms with Gasteiger partial charge in [-0.1, -0.05) is 11.6 Å². The first-order chi connectivity index (χ1) is 21.8. The number of carbonyl (C=O) groups excluding carboxylic acids is 3. The van der Waals surface area contributed by atoms with Crippen LogP contribution in [0.3, 0.4) is 0 Å². The lowest BCUT2D eigenvalue weighted by molar-refractivity contribution is -0.385. The number of piperazine rings is 1. The zero-order valence-electron chi connectivity index (χ0n) is 23.7. The average Bonchev–Trinajstić information content (AvgIpc) is 3.64. The van der Waals surface area contributed by atoms with Crippen LogP contribution >= 0.6 is 23.2 Å². The first-order valence-corrected chi connectivity index (χ1v) is 14.2. The molecule has 0 atom stereocenters. The van der Waals surface area contributed by atoms with Crippen LogP contribution in [0.5, 0.6) is 0 Å². The van der Waals surface area contributed by atoms with E-state index in [1.807, 2.05) is 0 Å². The van der Waals surface area contributed by atoms with Gasteiger partial charge in [-0.2, -0.15) is 18.3 Å². The van der Waals surface area contributed by atoms with Crippen molar-refractivity contribution in [2.24, 2.45) is 7.05 Å². The first kappa shape index (κ1) is 32.4. The number of imidazole rings is 1. The summed E-state index contributed by atoms with van der Waals surface area (Å²) in [6.45, 7) is 1.23. The Hall–Kier alpha value is -5.03. The lowest BCUT2D eigenvalue weighted by atomic mass is 10.1. The number of benzene rings is 1. The number of nitrogens with zero attached hydrogens (tertiary/aromatic N) is 8. The fourth-order valence-electron chi connectivity index (χ4n) is 4.75. The van der Waals surface area contributed by atoms with Crippen molar-refractivity contribution in [1.29, 1.82) is 0 Å². The van der Waals surface area contributed by atoms with E-state index in [1.54, 1.807) is 9.80 Å². The zero-order valence-corrected chi connectivity index (χ0v) is 25.2. The number of halogens is 5. The molecule has 46 heavy (non-hydrogen) atoms. The number of hydrogen-bond acceptors (Lipinski definition) is 8. The Bertz CT molecular complexity index is 1830. The van der Waals surface area contributed by atoms with Gasteiger partial charge >= 0.3 is 6.18 Å². The molecule has 0 aliphatic carbocycles. The predicted octanol–water partition coefficient (Wildman–Crippen LogP) is 4.02. The maximum Gasteiger partial charge on any atom is 0.435 e. The predicted molar refractivity (Wildman–Crippen MR) is 158 cm³/mol. The van der Waals surface area contributed by atoms with E-state index >= 15 is 0 Å². The molecule has 1 saturated heterocycles. The van der Waals surface area contributed by atoms with E-state index in [9.17, 15) is 37.7 Å². The molecule has 1 fully saturated rings. The number of anilines is 1. The second kappa shape index (κ2) is 12.8. The fourth-order valence-corrected chi connectivity index (χ4v) is 5.18. The molecule has 1 aliphatic rings. The van der Waals surface area contributed by atoms with E-state index in [0.29, 0.717) is 13.1 Å². The van der Waals surface area contributed by atoms with Crippen LogP contribution < -0.4 is 5.32 Å². The number of nitro groups is 1. The van der Waals surface area contributed by atoms with Crippen LogP contribution in [0.25, 0.3) is 17.1 Å². The Morgan fingerprint density at radius 2 is 1.74 bits per heavy atom. The molecule has 3 aromatic heterocycles. The average molecular weight is 680 g/mol. The van der Waals surface area contributed by atoms with Gasteiger partial charge < -0.3 is 19.7 Å². The van der Waals surface area contributed by atoms with Crippen LogP contribution in [0.2, 0.25) is 5.02 Å². The van der Waals surface area contributed by atoms with E-state index in [4.69, 9.17) is 23.2 Å². The number of amides is 3. The molecule has 0 radical (unpaired) electrons. The monoisotopic (exact) mass is 679 g/mol. The Balaban J connectivity index is 1.33. The molecule has 3 amide bonds. The number of carbonyl (C=O) groups is 3. The number of hydrogen-bond donors (Lipinski definition) is 1. The van der Waals surface area contributed by atoms with Crippen molar-refractivity contribution in [3.8, 4) is 17.1 Å². The van der Waals surface area contributed by atoms with E-state index in [0.717, 1.165) is 40.0 Å². The van der Waals surface area contributed by atoms with Crippen molar-refractivity contribution in [3.05, 3.63) is 81.1 Å². The van der Waals surface area contributed by atoms with Gasteiger partial charge in [0, 0.05) is 51.2 Å². The van der Waals surface area contributed by atoms with Crippen molar-refractivity contribution in [2.75, 3.05) is 37.4 Å². The maximum atomic E-state index is 14.0. The summed E-state index contributed by atoms with van der Waals surface area (Å²) >= 11 is 12.0. The van der Waals surface area contributed by atoms with Crippen molar-refractivity contribution in [3.63, 3.8) is 0 Å². The van der Waals surface area contributed by atoms with Gasteiger partial charge in [0.15, 0.2) is 17.3 Å². The maximum absolute atomic E-state index is 14.0. The second-order valence-corrected chi connectivity index (χ2v) is 10.6. The Morgan fingerprint density at radius 3 is 2.33 bits per heavy atom. The molecule has 0 bridgehead atoms. The van der Waals surface area contributed by atoms with Crippen molar-refractivity contribution < 1.29 is 32.5 Å². The fraction of sp³-hybridized carbons (Fsp3) is 0.259. The molecule has 240 valence electrons. The summed E-state index contributed by atoms with van der Waals surface area (Å²) in [6.07, 6.45) is -1.91. The molecule has 0 saturated carbocycles. The highest BCUT2D eigenvalue weighted by molar-refractivity contribution is 6.34. The van der Waals surface area contributed by atoms with E-state index in [1.165, 1.54) is 25.2 Å². The third-order valence-corrected chi connectivity index (χ3v) is 7.66. The summed E-state index contributed by atoms with van der Waals surface area (Å²) < 4.78 is 43.9. The highest BCUT2D eigenvalue weighted by Gasteiger charge is 2.39. The first-order valence-electron chi connectivity index (χ1n) is 13.3. The third kappa shape index (κ3) is 6.50. The molecule has 4 aromatic rings. The summed E-state index contributed by atoms with van der Waals surface area (Å²) in [5.41, 5.74) is -1.79. The lowest BCUT2D eigenvalue weighted by Crippen LogP contribution is -2.51. The molecule has 1 N–H and O–H groups in total. The summed E-state index contributed by atoms with van der Waals surface area (Å²) in [5, 5.41) is 17.1. The quantitative estimate of drug-likeness (QED) is 0.174. The number of nitrogens with one attached hydrogen (secondary N) is 1. The smallest absolute Gasteiger partial charge is 0.338 e. The molecule has 1 aliphatic heterocycles. The lowest BCUT2D eigenvalue weighted by Gasteiger charge is -2.34. The summed E-state index contributed by atoms with van der Waals surface area (Å²) in [5.74, 6) is -1.85. The van der Waals surface area contributed by atoms with Crippen LogP contribution in [-0.2, 0) is 18.0 Å². The Kier molecular flexibility index (Phi) is 8.98. The van der Waals surface area contributed by atoms with Crippen LogP contribution in [0.15, 0.2) is 48.9 Å². The van der Waals surface area contributed by atoms with Crippen LogP contribution in [-0.4, -0.2) is 88.8 Å². The van der Waals surface area contributed by atoms with Gasteiger partial charge in [-0.05, 0) is 24.3 Å². The number of pyridine rings is 1. The molecular weight excluding hydrogens is 658 g/mol. The van der Waals surface area contributed by atoms with Crippen molar-refractivity contribution in [1.82, 2.24) is 34.1 Å². The molecule has 1 aromatic carbocycles. The van der Waals surface area contributed by atoms with Gasteiger partial charge in [0.25, 0.3) is 17.5 Å². The van der Waals surface area contributed by atoms with Gasteiger partial charge in [-0.15, -0.1) is 11.6 Å². The van der Waals surface area contributed by atoms with E-state index in [-0.39, 0.29) is 70.1 Å². The normalized spacial score (nSPS) is 13.5. The molecule has 0 unspecified atom stereocenters. The molecular formula is C27H22Cl2F3N9O5. The minimum atomic E-state index is -4.90. The third-order valence-electron chi connectivity index (χ3n) is 7.12. The largest absolute Gasteiger partial charge is 0.435 e. The summed E-state index contributed by atoms with van der Waals surface area (Å²) in [7, 11) is 1.34. The van der Waals surface area contributed by atoms with Gasteiger partial charge in [-0.25, -0.2) is 14.6 Å². The van der Waals surface area contributed by atoms with Crippen LogP contribution in [0.1, 0.15) is 26.7 Å². The van der Waals surface area contributed by atoms with Crippen molar-refractivity contribution in [2.45, 2.75) is 6.18 Å². The molecule has 5 rings (SSSR count). The number of alkyl halides is 4. The number of rotatable bonds is 7. The zero-order chi connectivity index (χ0) is 33.3. The van der Waals surface area contributed by atoms with E-state index in [2.05, 4.69) is 20.4 Å². The highest BCUT2D eigenvalue weighted by atomic mass is 35.5.